The van der Waals surface area contributed by atoms with E-state index in [0.29, 0.717) is 23.1 Å². The lowest BCUT2D eigenvalue weighted by Gasteiger charge is -2.23. The maximum absolute atomic E-state index is 13.2. The Bertz CT molecular complexity index is 424. The molecule has 0 aliphatic carbocycles. The number of carbonyl (C=O) groups excluding carboxylic acids is 1. The minimum atomic E-state index is -0.411. The molecule has 0 spiro atoms. The van der Waals surface area contributed by atoms with Crippen LogP contribution < -0.4 is 5.73 Å². The lowest BCUT2D eigenvalue weighted by atomic mass is 10.1. The molecule has 1 saturated heterocycles. The summed E-state index contributed by atoms with van der Waals surface area (Å²) in [7, 11) is 0. The molecule has 0 saturated carbocycles. The van der Waals surface area contributed by atoms with Gasteiger partial charge in [0.05, 0.1) is 0 Å². The molecule has 0 bridgehead atoms. The molecule has 0 radical (unpaired) electrons. The Labute approximate surface area is 120 Å². The number of hydrogen-bond donors (Lipinski definition) is 1. The Kier molecular flexibility index (Phi) is 5.56. The third kappa shape index (κ3) is 3.22. The van der Waals surface area contributed by atoms with E-state index in [1.807, 2.05) is 0 Å². The van der Waals surface area contributed by atoms with Crippen LogP contribution in [-0.4, -0.2) is 29.9 Å². The minimum absolute atomic E-state index is 0. The van der Waals surface area contributed by atoms with Gasteiger partial charge in [0.1, 0.15) is 5.82 Å². The van der Waals surface area contributed by atoms with E-state index in [2.05, 4.69) is 15.9 Å². The Morgan fingerprint density at radius 1 is 1.50 bits per heavy atom. The lowest BCUT2D eigenvalue weighted by Crippen LogP contribution is -2.39. The normalized spacial score (nSPS) is 18.6. The standard InChI is InChI=1S/C12H14BrFN2O.ClH/c13-9-4-8(5-10(14)6-9)12(17)16-3-1-2-11(16)7-15;/h4-6,11H,1-3,7,15H2;1H. The largest absolute Gasteiger partial charge is 0.334 e. The zero-order valence-electron chi connectivity index (χ0n) is 9.73. The molecule has 1 fully saturated rings. The third-order valence-corrected chi connectivity index (χ3v) is 3.48. The van der Waals surface area contributed by atoms with E-state index in [-0.39, 0.29) is 24.4 Å². The molecule has 1 aliphatic rings. The van der Waals surface area contributed by atoms with Crippen LogP contribution in [0, 0.1) is 5.82 Å². The van der Waals surface area contributed by atoms with E-state index in [0.717, 1.165) is 12.8 Å². The second-order valence-electron chi connectivity index (χ2n) is 4.19. The summed E-state index contributed by atoms with van der Waals surface area (Å²) in [5.41, 5.74) is 6.00. The predicted octanol–water partition coefficient (Wildman–Crippen LogP) is 2.57. The molecule has 2 N–H and O–H groups in total. The number of rotatable bonds is 2. The van der Waals surface area contributed by atoms with Crippen LogP contribution in [-0.2, 0) is 0 Å². The molecule has 1 unspecified atom stereocenters. The van der Waals surface area contributed by atoms with Crippen LogP contribution >= 0.6 is 28.3 Å². The van der Waals surface area contributed by atoms with Gasteiger partial charge in [0.15, 0.2) is 0 Å². The van der Waals surface area contributed by atoms with E-state index in [1.54, 1.807) is 11.0 Å². The molecule has 100 valence electrons. The summed E-state index contributed by atoms with van der Waals surface area (Å²) in [5, 5.41) is 0. The van der Waals surface area contributed by atoms with E-state index >= 15 is 0 Å². The number of nitrogens with two attached hydrogens (primary N) is 1. The molecule has 1 heterocycles. The average Bonchev–Trinajstić information content (AvgIpc) is 2.74. The SMILES string of the molecule is Cl.NCC1CCCN1C(=O)c1cc(F)cc(Br)c1. The number of benzene rings is 1. The number of nitrogens with zero attached hydrogens (tertiary/aromatic N) is 1. The highest BCUT2D eigenvalue weighted by atomic mass is 79.9. The van der Waals surface area contributed by atoms with Gasteiger partial charge in [-0.1, -0.05) is 15.9 Å². The average molecular weight is 338 g/mol. The number of halogens is 3. The Morgan fingerprint density at radius 2 is 2.22 bits per heavy atom. The number of hydrogen-bond acceptors (Lipinski definition) is 2. The molecule has 6 heteroatoms. The first kappa shape index (κ1) is 15.4. The van der Waals surface area contributed by atoms with Crippen molar-refractivity contribution in [3.8, 4) is 0 Å². The van der Waals surface area contributed by atoms with Crippen molar-refractivity contribution in [2.75, 3.05) is 13.1 Å². The number of amides is 1. The Balaban J connectivity index is 0.00000162. The first-order chi connectivity index (χ1) is 8.11. The van der Waals surface area contributed by atoms with Crippen LogP contribution in [0.2, 0.25) is 0 Å². The van der Waals surface area contributed by atoms with Crippen molar-refractivity contribution >= 4 is 34.2 Å². The van der Waals surface area contributed by atoms with Crippen molar-refractivity contribution in [1.82, 2.24) is 4.90 Å². The Morgan fingerprint density at radius 3 is 2.83 bits per heavy atom. The summed E-state index contributed by atoms with van der Waals surface area (Å²) in [4.78, 5) is 13.9. The summed E-state index contributed by atoms with van der Waals surface area (Å²) in [6, 6.07) is 4.32. The molecule has 1 aromatic carbocycles. The summed E-state index contributed by atoms with van der Waals surface area (Å²) >= 11 is 3.19. The van der Waals surface area contributed by atoms with Crippen molar-refractivity contribution in [3.63, 3.8) is 0 Å². The topological polar surface area (TPSA) is 46.3 Å². The monoisotopic (exact) mass is 336 g/mol. The highest BCUT2D eigenvalue weighted by molar-refractivity contribution is 9.10. The highest BCUT2D eigenvalue weighted by Gasteiger charge is 2.28. The maximum atomic E-state index is 13.2. The summed E-state index contributed by atoms with van der Waals surface area (Å²) in [6.07, 6.45) is 1.89. The quantitative estimate of drug-likeness (QED) is 0.901. The zero-order valence-corrected chi connectivity index (χ0v) is 12.1. The molecular formula is C12H15BrClFN2O. The molecule has 0 aromatic heterocycles. The van der Waals surface area contributed by atoms with Crippen LogP contribution in [0.4, 0.5) is 4.39 Å². The second kappa shape index (κ2) is 6.50. The predicted molar refractivity (Wildman–Crippen MR) is 74.5 cm³/mol. The van der Waals surface area contributed by atoms with Crippen LogP contribution in [0.25, 0.3) is 0 Å². The highest BCUT2D eigenvalue weighted by Crippen LogP contribution is 2.22. The summed E-state index contributed by atoms with van der Waals surface area (Å²) in [5.74, 6) is -0.552. The van der Waals surface area contributed by atoms with Gasteiger partial charge in [-0.25, -0.2) is 4.39 Å². The fraction of sp³-hybridized carbons (Fsp3) is 0.417. The van der Waals surface area contributed by atoms with Gasteiger partial charge in [0.2, 0.25) is 0 Å². The minimum Gasteiger partial charge on any atom is -0.334 e. The van der Waals surface area contributed by atoms with Gasteiger partial charge in [-0.2, -0.15) is 0 Å². The third-order valence-electron chi connectivity index (χ3n) is 3.02. The number of likely N-dealkylation sites (tertiary alicyclic amines) is 1. The lowest BCUT2D eigenvalue weighted by molar-refractivity contribution is 0.0740. The van der Waals surface area contributed by atoms with Crippen LogP contribution in [0.1, 0.15) is 23.2 Å². The Hall–Kier alpha value is -0.650. The summed E-state index contributed by atoms with van der Waals surface area (Å²) in [6.45, 7) is 1.16. The molecule has 18 heavy (non-hydrogen) atoms. The fourth-order valence-electron chi connectivity index (χ4n) is 2.19. The molecule has 3 nitrogen and oxygen atoms in total. The summed E-state index contributed by atoms with van der Waals surface area (Å²) < 4.78 is 13.8. The molecule has 1 aliphatic heterocycles. The second-order valence-corrected chi connectivity index (χ2v) is 5.10. The van der Waals surface area contributed by atoms with Crippen molar-refractivity contribution in [2.24, 2.45) is 5.73 Å². The van der Waals surface area contributed by atoms with E-state index in [4.69, 9.17) is 5.73 Å². The maximum Gasteiger partial charge on any atom is 0.254 e. The van der Waals surface area contributed by atoms with Gasteiger partial charge in [-0.3, -0.25) is 4.79 Å². The first-order valence-corrected chi connectivity index (χ1v) is 6.38. The van der Waals surface area contributed by atoms with E-state index < -0.39 is 5.82 Å². The molecular weight excluding hydrogens is 322 g/mol. The number of carbonyl (C=O) groups is 1. The van der Waals surface area contributed by atoms with Crippen LogP contribution in [0.15, 0.2) is 22.7 Å². The van der Waals surface area contributed by atoms with Crippen molar-refractivity contribution in [1.29, 1.82) is 0 Å². The van der Waals surface area contributed by atoms with Crippen molar-refractivity contribution < 1.29 is 9.18 Å². The molecule has 1 amide bonds. The smallest absolute Gasteiger partial charge is 0.254 e. The van der Waals surface area contributed by atoms with Gasteiger partial charge in [0.25, 0.3) is 5.91 Å². The van der Waals surface area contributed by atoms with E-state index in [1.165, 1.54) is 12.1 Å². The van der Waals surface area contributed by atoms with Gasteiger partial charge in [0, 0.05) is 29.2 Å². The fourth-order valence-corrected chi connectivity index (χ4v) is 2.66. The molecule has 1 atom stereocenters. The molecule has 1 aromatic rings. The van der Waals surface area contributed by atoms with E-state index in [9.17, 15) is 9.18 Å². The first-order valence-electron chi connectivity index (χ1n) is 5.59. The van der Waals surface area contributed by atoms with Gasteiger partial charge >= 0.3 is 0 Å². The van der Waals surface area contributed by atoms with Gasteiger partial charge < -0.3 is 10.6 Å². The zero-order chi connectivity index (χ0) is 12.4. The van der Waals surface area contributed by atoms with Crippen LogP contribution in [0.5, 0.6) is 0 Å². The van der Waals surface area contributed by atoms with Crippen LogP contribution in [0.3, 0.4) is 0 Å². The van der Waals surface area contributed by atoms with Gasteiger partial charge in [-0.05, 0) is 31.0 Å². The van der Waals surface area contributed by atoms with Gasteiger partial charge in [-0.15, -0.1) is 12.4 Å². The van der Waals surface area contributed by atoms with Crippen molar-refractivity contribution in [3.05, 3.63) is 34.1 Å². The molecule has 2 rings (SSSR count). The van der Waals surface area contributed by atoms with Crippen molar-refractivity contribution in [2.45, 2.75) is 18.9 Å².